The summed E-state index contributed by atoms with van der Waals surface area (Å²) in [7, 11) is 0. The van der Waals surface area contributed by atoms with Crippen molar-refractivity contribution in [2.75, 3.05) is 0 Å². The second kappa shape index (κ2) is 12.6. The van der Waals surface area contributed by atoms with Crippen molar-refractivity contribution in [1.29, 1.82) is 0 Å². The van der Waals surface area contributed by atoms with Crippen LogP contribution in [0.2, 0.25) is 0 Å². The third-order valence-corrected chi connectivity index (χ3v) is 9.85. The number of aromatic nitrogens is 1. The Morgan fingerprint density at radius 3 is 2.22 bits per heavy atom. The Morgan fingerprint density at radius 1 is 0.627 bits per heavy atom. The molecule has 3 heteroatoms. The molecule has 0 aliphatic carbocycles. The SMILES string of the molecule is C=C1\C=C/C=C\[N+](c2ccccc2)=C\C=C(c2ccc3c(c2)c2ccccc2n3-c2ccc(-c3cccc4c3oc3ccccc34)cc2)/C=C/1C. The van der Waals surface area contributed by atoms with Gasteiger partial charge in [0.15, 0.2) is 12.4 Å². The van der Waals surface area contributed by atoms with E-state index in [1.54, 1.807) is 0 Å². The first-order valence-electron chi connectivity index (χ1n) is 17.3. The summed E-state index contributed by atoms with van der Waals surface area (Å²) in [5, 5.41) is 4.70. The molecule has 6 aromatic carbocycles. The molecule has 0 fully saturated rings. The zero-order valence-corrected chi connectivity index (χ0v) is 28.3. The third kappa shape index (κ3) is 5.46. The molecular weight excluding hydrogens is 621 g/mol. The molecule has 0 bridgehead atoms. The van der Waals surface area contributed by atoms with Crippen molar-refractivity contribution in [3.8, 4) is 16.8 Å². The maximum absolute atomic E-state index is 6.36. The van der Waals surface area contributed by atoms with E-state index in [0.717, 1.165) is 72.2 Å². The van der Waals surface area contributed by atoms with Gasteiger partial charge in [-0.1, -0.05) is 116 Å². The summed E-state index contributed by atoms with van der Waals surface area (Å²) in [6.45, 7) is 6.46. The molecule has 0 N–H and O–H groups in total. The van der Waals surface area contributed by atoms with Crippen LogP contribution in [0.4, 0.5) is 5.69 Å². The van der Waals surface area contributed by atoms with Crippen molar-refractivity contribution in [2.24, 2.45) is 0 Å². The average molecular weight is 656 g/mol. The molecule has 51 heavy (non-hydrogen) atoms. The first-order valence-corrected chi connectivity index (χ1v) is 17.3. The van der Waals surface area contributed by atoms with Crippen molar-refractivity contribution >= 4 is 61.2 Å². The number of hydrogen-bond acceptors (Lipinski definition) is 1. The molecule has 242 valence electrons. The van der Waals surface area contributed by atoms with Crippen LogP contribution in [0.5, 0.6) is 0 Å². The highest BCUT2D eigenvalue weighted by Crippen LogP contribution is 2.38. The molecule has 2 aromatic heterocycles. The van der Waals surface area contributed by atoms with Gasteiger partial charge in [-0.05, 0) is 71.2 Å². The van der Waals surface area contributed by atoms with E-state index in [9.17, 15) is 0 Å². The van der Waals surface area contributed by atoms with Crippen LogP contribution >= 0.6 is 0 Å². The molecule has 0 unspecified atom stereocenters. The van der Waals surface area contributed by atoms with Crippen LogP contribution < -0.4 is 0 Å². The Kier molecular flexibility index (Phi) is 7.52. The van der Waals surface area contributed by atoms with Gasteiger partial charge in [0.05, 0.1) is 11.0 Å². The quantitative estimate of drug-likeness (QED) is 0.173. The van der Waals surface area contributed by atoms with E-state index in [4.69, 9.17) is 4.42 Å². The van der Waals surface area contributed by atoms with E-state index >= 15 is 0 Å². The lowest BCUT2D eigenvalue weighted by Crippen LogP contribution is -1.97. The van der Waals surface area contributed by atoms with Crippen LogP contribution in [0.1, 0.15) is 12.5 Å². The van der Waals surface area contributed by atoms with Crippen LogP contribution in [0, 0.1) is 0 Å². The van der Waals surface area contributed by atoms with Crippen molar-refractivity contribution in [3.63, 3.8) is 0 Å². The first kappa shape index (κ1) is 30.4. The number of rotatable bonds is 4. The molecule has 8 aromatic rings. The van der Waals surface area contributed by atoms with Crippen LogP contribution in [-0.2, 0) is 0 Å². The van der Waals surface area contributed by atoms with E-state index in [-0.39, 0.29) is 0 Å². The third-order valence-electron chi connectivity index (χ3n) is 9.85. The fourth-order valence-corrected chi connectivity index (χ4v) is 7.18. The minimum atomic E-state index is 0.911. The molecule has 0 spiro atoms. The Morgan fingerprint density at radius 2 is 1.35 bits per heavy atom. The van der Waals surface area contributed by atoms with Gasteiger partial charge in [-0.2, -0.15) is 4.58 Å². The molecule has 1 aliphatic rings. The highest BCUT2D eigenvalue weighted by molar-refractivity contribution is 6.11. The second-order valence-corrected chi connectivity index (χ2v) is 13.0. The molecule has 0 radical (unpaired) electrons. The highest BCUT2D eigenvalue weighted by Gasteiger charge is 2.16. The van der Waals surface area contributed by atoms with Crippen LogP contribution in [0.25, 0.3) is 66.1 Å². The zero-order valence-electron chi connectivity index (χ0n) is 28.3. The van der Waals surface area contributed by atoms with Crippen molar-refractivity contribution < 1.29 is 8.99 Å². The minimum Gasteiger partial charge on any atom is -0.455 e. The minimum absolute atomic E-state index is 0.911. The molecule has 9 rings (SSSR count). The van der Waals surface area contributed by atoms with Crippen molar-refractivity contribution in [3.05, 3.63) is 199 Å². The normalized spacial score (nSPS) is 18.1. The Labute approximate surface area is 297 Å². The lowest BCUT2D eigenvalue weighted by Gasteiger charge is -2.10. The Bertz CT molecular complexity index is 2800. The number of fused-ring (bicyclic) bond motifs is 6. The standard InChI is InChI=1S/C48H35N2O/c1-33-13-10-11-29-49(38-14-4-3-5-15-38)30-28-37(31-34(33)2)36-24-27-46-44(32-36)41-16-6-8-20-45(41)50(46)39-25-22-35(23-26-39)40-18-12-19-43-42-17-7-9-21-47(42)51-48(40)43/h3-32H,1H2,2H3/q+1/b13-10-,29-11-,34-31+. The van der Waals surface area contributed by atoms with Gasteiger partial charge >= 0.3 is 0 Å². The summed E-state index contributed by atoms with van der Waals surface area (Å²) in [5.41, 5.74) is 12.9. The molecule has 0 saturated carbocycles. The average Bonchev–Trinajstić information content (AvgIpc) is 3.72. The summed E-state index contributed by atoms with van der Waals surface area (Å²) >= 11 is 0. The largest absolute Gasteiger partial charge is 0.455 e. The van der Waals surface area contributed by atoms with E-state index in [2.05, 4.69) is 175 Å². The highest BCUT2D eigenvalue weighted by atomic mass is 16.3. The number of allylic oxidation sites excluding steroid dienone is 8. The zero-order chi connectivity index (χ0) is 34.3. The van der Waals surface area contributed by atoms with E-state index < -0.39 is 0 Å². The van der Waals surface area contributed by atoms with Gasteiger partial charge < -0.3 is 8.98 Å². The predicted octanol–water partition coefficient (Wildman–Crippen LogP) is 12.7. The van der Waals surface area contributed by atoms with E-state index in [1.165, 1.54) is 16.3 Å². The van der Waals surface area contributed by atoms with Gasteiger partial charge in [0, 0.05) is 57.1 Å². The molecule has 0 saturated heterocycles. The van der Waals surface area contributed by atoms with Gasteiger partial charge in [-0.3, -0.25) is 0 Å². The number of para-hydroxylation sites is 4. The second-order valence-electron chi connectivity index (χ2n) is 13.0. The molecule has 0 atom stereocenters. The van der Waals surface area contributed by atoms with E-state index in [0.29, 0.717) is 0 Å². The van der Waals surface area contributed by atoms with Crippen LogP contribution in [-0.4, -0.2) is 15.4 Å². The fourth-order valence-electron chi connectivity index (χ4n) is 7.18. The van der Waals surface area contributed by atoms with E-state index in [1.807, 2.05) is 30.4 Å². The van der Waals surface area contributed by atoms with Gasteiger partial charge in [-0.25, -0.2) is 0 Å². The van der Waals surface area contributed by atoms with Gasteiger partial charge in [0.25, 0.3) is 0 Å². The van der Waals surface area contributed by atoms with Crippen LogP contribution in [0.3, 0.4) is 0 Å². The van der Waals surface area contributed by atoms with Crippen molar-refractivity contribution in [1.82, 2.24) is 4.57 Å². The lowest BCUT2D eigenvalue weighted by molar-refractivity contribution is -0.353. The predicted molar refractivity (Wildman–Crippen MR) is 215 cm³/mol. The maximum atomic E-state index is 6.36. The summed E-state index contributed by atoms with van der Waals surface area (Å²) in [4.78, 5) is 0. The topological polar surface area (TPSA) is 21.1 Å². The molecular formula is C48H35N2O+. The number of furan rings is 1. The van der Waals surface area contributed by atoms with Crippen molar-refractivity contribution in [2.45, 2.75) is 6.92 Å². The number of benzene rings is 6. The lowest BCUT2D eigenvalue weighted by atomic mass is 9.98. The first-order chi connectivity index (χ1) is 25.1. The monoisotopic (exact) mass is 655 g/mol. The molecule has 1 aliphatic heterocycles. The molecule has 0 amide bonds. The van der Waals surface area contributed by atoms with Crippen LogP contribution in [0.15, 0.2) is 198 Å². The molecule has 3 heterocycles. The number of hydrogen-bond donors (Lipinski definition) is 0. The van der Waals surface area contributed by atoms with Gasteiger partial charge in [0.2, 0.25) is 5.69 Å². The molecule has 3 nitrogen and oxygen atoms in total. The summed E-state index contributed by atoms with van der Waals surface area (Å²) in [5.74, 6) is 0. The summed E-state index contributed by atoms with van der Waals surface area (Å²) in [6.07, 6.45) is 14.8. The summed E-state index contributed by atoms with van der Waals surface area (Å²) in [6, 6.07) is 49.4. The number of nitrogens with zero attached hydrogens (tertiary/aromatic N) is 2. The maximum Gasteiger partial charge on any atom is 0.210 e. The fraction of sp³-hybridized carbons (Fsp3) is 0.0208. The summed E-state index contributed by atoms with van der Waals surface area (Å²) < 4.78 is 10.9. The van der Waals surface area contributed by atoms with Gasteiger partial charge in [-0.15, -0.1) is 0 Å². The Balaban J connectivity index is 1.16. The Hall–Kier alpha value is -6.71. The van der Waals surface area contributed by atoms with Gasteiger partial charge in [0.1, 0.15) is 11.2 Å². The smallest absolute Gasteiger partial charge is 0.210 e.